The van der Waals surface area contributed by atoms with Crippen LogP contribution >= 0.6 is 0 Å². The van der Waals surface area contributed by atoms with Crippen LogP contribution in [0.1, 0.15) is 12.5 Å². The van der Waals surface area contributed by atoms with E-state index in [9.17, 15) is 5.11 Å². The predicted molar refractivity (Wildman–Crippen MR) is 58.2 cm³/mol. The molecule has 0 aliphatic heterocycles. The maximum atomic E-state index is 9.36. The standard InChI is InChI=1S/C12H14O3/c1-8(13)6-9-7-15-11-5-3-4-10(14-2)12(9)11/h3-5,7-8,13H,6H2,1-2H3. The summed E-state index contributed by atoms with van der Waals surface area (Å²) >= 11 is 0. The number of furan rings is 1. The second-order valence-corrected chi connectivity index (χ2v) is 3.65. The first kappa shape index (κ1) is 10.1. The zero-order chi connectivity index (χ0) is 10.8. The topological polar surface area (TPSA) is 42.6 Å². The molecule has 0 aliphatic carbocycles. The van der Waals surface area contributed by atoms with Crippen molar-refractivity contribution >= 4 is 11.0 Å². The molecule has 1 atom stereocenters. The third kappa shape index (κ3) is 1.83. The average molecular weight is 206 g/mol. The van der Waals surface area contributed by atoms with Crippen LogP contribution in [0.25, 0.3) is 11.0 Å². The molecule has 3 nitrogen and oxygen atoms in total. The zero-order valence-corrected chi connectivity index (χ0v) is 8.86. The van der Waals surface area contributed by atoms with Crippen molar-refractivity contribution in [3.63, 3.8) is 0 Å². The van der Waals surface area contributed by atoms with Gasteiger partial charge in [0.1, 0.15) is 11.3 Å². The van der Waals surface area contributed by atoms with E-state index in [0.29, 0.717) is 6.42 Å². The summed E-state index contributed by atoms with van der Waals surface area (Å²) in [5.41, 5.74) is 1.78. The molecule has 0 aliphatic rings. The Hall–Kier alpha value is -1.48. The number of aliphatic hydroxyl groups excluding tert-OH is 1. The van der Waals surface area contributed by atoms with E-state index in [4.69, 9.17) is 9.15 Å². The van der Waals surface area contributed by atoms with Crippen LogP contribution in [-0.2, 0) is 6.42 Å². The van der Waals surface area contributed by atoms with Crippen molar-refractivity contribution in [1.82, 2.24) is 0 Å². The van der Waals surface area contributed by atoms with Crippen molar-refractivity contribution in [2.45, 2.75) is 19.4 Å². The molecule has 0 radical (unpaired) electrons. The average Bonchev–Trinajstić information content (AvgIpc) is 2.61. The van der Waals surface area contributed by atoms with Crippen molar-refractivity contribution < 1.29 is 14.3 Å². The summed E-state index contributed by atoms with van der Waals surface area (Å²) in [6.07, 6.45) is 1.88. The minimum absolute atomic E-state index is 0.379. The molecule has 1 aromatic heterocycles. The highest BCUT2D eigenvalue weighted by molar-refractivity contribution is 5.87. The molecule has 3 heteroatoms. The molecule has 1 unspecified atom stereocenters. The van der Waals surface area contributed by atoms with E-state index in [1.165, 1.54) is 0 Å². The summed E-state index contributed by atoms with van der Waals surface area (Å²) in [5.74, 6) is 0.789. The van der Waals surface area contributed by atoms with E-state index in [1.807, 2.05) is 18.2 Å². The van der Waals surface area contributed by atoms with Crippen molar-refractivity contribution in [1.29, 1.82) is 0 Å². The molecule has 1 heterocycles. The summed E-state index contributed by atoms with van der Waals surface area (Å²) in [4.78, 5) is 0. The number of rotatable bonds is 3. The number of fused-ring (bicyclic) bond motifs is 1. The molecule has 15 heavy (non-hydrogen) atoms. The molecule has 0 fully saturated rings. The molecular formula is C12H14O3. The third-order valence-corrected chi connectivity index (χ3v) is 2.37. The Bertz CT molecular complexity index is 457. The molecule has 2 rings (SSSR count). The van der Waals surface area contributed by atoms with Crippen LogP contribution in [0.4, 0.5) is 0 Å². The minimum Gasteiger partial charge on any atom is -0.496 e. The molecule has 0 spiro atoms. The van der Waals surface area contributed by atoms with Crippen LogP contribution < -0.4 is 4.74 Å². The highest BCUT2D eigenvalue weighted by atomic mass is 16.5. The number of aliphatic hydroxyl groups is 1. The molecule has 0 amide bonds. The maximum absolute atomic E-state index is 9.36. The van der Waals surface area contributed by atoms with Gasteiger partial charge in [0.25, 0.3) is 0 Å². The first-order chi connectivity index (χ1) is 7.22. The molecule has 2 aromatic rings. The van der Waals surface area contributed by atoms with Gasteiger partial charge in [-0.3, -0.25) is 0 Å². The number of hydrogen-bond donors (Lipinski definition) is 1. The molecular weight excluding hydrogens is 192 g/mol. The third-order valence-electron chi connectivity index (χ3n) is 2.37. The summed E-state index contributed by atoms with van der Waals surface area (Å²) in [7, 11) is 1.63. The Morgan fingerprint density at radius 3 is 2.93 bits per heavy atom. The van der Waals surface area contributed by atoms with E-state index >= 15 is 0 Å². The molecule has 0 saturated carbocycles. The minimum atomic E-state index is -0.379. The Labute approximate surface area is 88.3 Å². The summed E-state index contributed by atoms with van der Waals surface area (Å²) < 4.78 is 10.7. The molecule has 1 N–H and O–H groups in total. The van der Waals surface area contributed by atoms with Gasteiger partial charge in [-0.1, -0.05) is 6.07 Å². The van der Waals surface area contributed by atoms with Crippen molar-refractivity contribution in [2.75, 3.05) is 7.11 Å². The summed E-state index contributed by atoms with van der Waals surface area (Å²) in [5, 5.41) is 10.3. The monoisotopic (exact) mass is 206 g/mol. The Kier molecular flexibility index (Phi) is 2.64. The first-order valence-electron chi connectivity index (χ1n) is 4.93. The van der Waals surface area contributed by atoms with E-state index in [2.05, 4.69) is 0 Å². The molecule has 0 bridgehead atoms. The van der Waals surface area contributed by atoms with Gasteiger partial charge in [-0.25, -0.2) is 0 Å². The number of hydrogen-bond acceptors (Lipinski definition) is 3. The first-order valence-corrected chi connectivity index (χ1v) is 4.93. The quantitative estimate of drug-likeness (QED) is 0.838. The van der Waals surface area contributed by atoms with Crippen molar-refractivity contribution in [3.8, 4) is 5.75 Å². The van der Waals surface area contributed by atoms with Crippen LogP contribution in [0.3, 0.4) is 0 Å². The van der Waals surface area contributed by atoms with E-state index in [0.717, 1.165) is 22.3 Å². The largest absolute Gasteiger partial charge is 0.496 e. The van der Waals surface area contributed by atoms with Gasteiger partial charge in [-0.05, 0) is 19.1 Å². The lowest BCUT2D eigenvalue weighted by molar-refractivity contribution is 0.195. The second kappa shape index (κ2) is 3.95. The summed E-state index contributed by atoms with van der Waals surface area (Å²) in [6.45, 7) is 1.76. The van der Waals surface area contributed by atoms with Crippen LogP contribution in [0, 0.1) is 0 Å². The van der Waals surface area contributed by atoms with E-state index in [1.54, 1.807) is 20.3 Å². The Balaban J connectivity index is 2.55. The van der Waals surface area contributed by atoms with E-state index < -0.39 is 0 Å². The van der Waals surface area contributed by atoms with Gasteiger partial charge < -0.3 is 14.3 Å². The Morgan fingerprint density at radius 1 is 1.47 bits per heavy atom. The fourth-order valence-electron chi connectivity index (χ4n) is 1.76. The lowest BCUT2D eigenvalue weighted by Gasteiger charge is -2.04. The lowest BCUT2D eigenvalue weighted by Crippen LogP contribution is -2.03. The van der Waals surface area contributed by atoms with Gasteiger partial charge in [-0.2, -0.15) is 0 Å². The number of methoxy groups -OCH3 is 1. The van der Waals surface area contributed by atoms with Gasteiger partial charge in [0.2, 0.25) is 0 Å². The van der Waals surface area contributed by atoms with Gasteiger partial charge in [0.05, 0.1) is 24.9 Å². The molecule has 80 valence electrons. The van der Waals surface area contributed by atoms with Crippen LogP contribution in [0.2, 0.25) is 0 Å². The smallest absolute Gasteiger partial charge is 0.137 e. The predicted octanol–water partition coefficient (Wildman–Crippen LogP) is 2.36. The Morgan fingerprint density at radius 2 is 2.27 bits per heavy atom. The summed E-state index contributed by atoms with van der Waals surface area (Å²) in [6, 6.07) is 5.67. The van der Waals surface area contributed by atoms with Crippen LogP contribution in [0.15, 0.2) is 28.9 Å². The van der Waals surface area contributed by atoms with Crippen LogP contribution in [0.5, 0.6) is 5.75 Å². The highest BCUT2D eigenvalue weighted by Crippen LogP contribution is 2.30. The van der Waals surface area contributed by atoms with Gasteiger partial charge in [0, 0.05) is 12.0 Å². The van der Waals surface area contributed by atoms with Crippen molar-refractivity contribution in [3.05, 3.63) is 30.0 Å². The lowest BCUT2D eigenvalue weighted by atomic mass is 10.1. The highest BCUT2D eigenvalue weighted by Gasteiger charge is 2.12. The number of ether oxygens (including phenoxy) is 1. The second-order valence-electron chi connectivity index (χ2n) is 3.65. The van der Waals surface area contributed by atoms with Crippen LogP contribution in [-0.4, -0.2) is 18.3 Å². The molecule has 0 saturated heterocycles. The normalized spacial score (nSPS) is 13.0. The fourth-order valence-corrected chi connectivity index (χ4v) is 1.76. The maximum Gasteiger partial charge on any atom is 0.137 e. The van der Waals surface area contributed by atoms with Crippen molar-refractivity contribution in [2.24, 2.45) is 0 Å². The van der Waals surface area contributed by atoms with Gasteiger partial charge in [-0.15, -0.1) is 0 Å². The van der Waals surface area contributed by atoms with Gasteiger partial charge in [0.15, 0.2) is 0 Å². The molecule has 1 aromatic carbocycles. The zero-order valence-electron chi connectivity index (χ0n) is 8.86. The number of benzene rings is 1. The SMILES string of the molecule is COc1cccc2occ(CC(C)O)c12. The fraction of sp³-hybridized carbons (Fsp3) is 0.333. The van der Waals surface area contributed by atoms with E-state index in [-0.39, 0.29) is 6.10 Å². The van der Waals surface area contributed by atoms with Gasteiger partial charge >= 0.3 is 0 Å².